The minimum atomic E-state index is -0.327. The number of hydrogen-bond acceptors (Lipinski definition) is 6. The molecule has 0 saturated carbocycles. The van der Waals surface area contributed by atoms with Crippen molar-refractivity contribution < 1.29 is 4.79 Å². The Bertz CT molecular complexity index is 1030. The second-order valence-electron chi connectivity index (χ2n) is 5.95. The fraction of sp³-hybridized carbons (Fsp3) is 0.105. The number of amides is 1. The van der Waals surface area contributed by atoms with Crippen molar-refractivity contribution >= 4 is 34.1 Å². The highest BCUT2D eigenvalue weighted by Crippen LogP contribution is 2.18. The summed E-state index contributed by atoms with van der Waals surface area (Å²) in [5, 5.41) is 9.25. The number of nitrogens with zero attached hydrogens (tertiary/aromatic N) is 4. The van der Waals surface area contributed by atoms with Crippen molar-refractivity contribution in [3.63, 3.8) is 0 Å². The van der Waals surface area contributed by atoms with Gasteiger partial charge in [-0.3, -0.25) is 10.2 Å². The third-order valence-corrected chi connectivity index (χ3v) is 4.11. The van der Waals surface area contributed by atoms with E-state index in [9.17, 15) is 4.79 Å². The first-order chi connectivity index (χ1) is 12.7. The Kier molecular flexibility index (Phi) is 4.10. The molecule has 0 unspecified atom stereocenters. The number of carbonyl (C=O) groups is 1. The minimum Gasteiger partial charge on any atom is -0.266 e. The van der Waals surface area contributed by atoms with Crippen LogP contribution >= 0.6 is 0 Å². The number of hydrazone groups is 2. The molecule has 0 spiro atoms. The smallest absolute Gasteiger partial charge is 0.266 e. The number of rotatable bonds is 3. The number of aryl methyl sites for hydroxylation is 1. The third kappa shape index (κ3) is 3.14. The lowest BCUT2D eigenvalue weighted by atomic mass is 10.0. The lowest BCUT2D eigenvalue weighted by Gasteiger charge is -2.15. The van der Waals surface area contributed by atoms with Gasteiger partial charge >= 0.3 is 0 Å². The van der Waals surface area contributed by atoms with E-state index in [0.717, 1.165) is 22.2 Å². The van der Waals surface area contributed by atoms with E-state index in [0.29, 0.717) is 18.0 Å². The number of benzene rings is 2. The number of carbonyl (C=O) groups excluding carboxylic acids is 1. The fourth-order valence-electron chi connectivity index (χ4n) is 2.68. The van der Waals surface area contributed by atoms with Gasteiger partial charge in [0, 0.05) is 11.8 Å². The summed E-state index contributed by atoms with van der Waals surface area (Å²) < 4.78 is 0. The van der Waals surface area contributed by atoms with E-state index in [2.05, 4.69) is 31.0 Å². The van der Waals surface area contributed by atoms with Crippen LogP contribution in [0.5, 0.6) is 0 Å². The van der Waals surface area contributed by atoms with Gasteiger partial charge in [0.15, 0.2) is 5.82 Å². The zero-order valence-corrected chi connectivity index (χ0v) is 14.1. The van der Waals surface area contributed by atoms with Gasteiger partial charge in [-0.1, -0.05) is 42.0 Å². The van der Waals surface area contributed by atoms with Crippen LogP contribution in [0.1, 0.15) is 17.5 Å². The van der Waals surface area contributed by atoms with Crippen LogP contribution in [0, 0.1) is 6.92 Å². The maximum Gasteiger partial charge on any atom is 0.287 e. The normalized spacial score (nSPS) is 15.7. The molecule has 3 aromatic rings. The zero-order valence-electron chi connectivity index (χ0n) is 14.1. The van der Waals surface area contributed by atoms with Crippen molar-refractivity contribution in [1.29, 1.82) is 0 Å². The molecule has 2 N–H and O–H groups in total. The zero-order chi connectivity index (χ0) is 17.9. The van der Waals surface area contributed by atoms with Gasteiger partial charge in [-0.15, -0.1) is 0 Å². The van der Waals surface area contributed by atoms with Crippen molar-refractivity contribution in [2.45, 2.75) is 13.3 Å². The van der Waals surface area contributed by atoms with Crippen molar-refractivity contribution in [3.05, 3.63) is 66.0 Å². The number of aromatic nitrogens is 2. The Morgan fingerprint density at radius 2 is 1.88 bits per heavy atom. The molecule has 128 valence electrons. The first-order valence-electron chi connectivity index (χ1n) is 8.17. The maximum absolute atomic E-state index is 12.1. The first kappa shape index (κ1) is 15.9. The molecule has 0 atom stereocenters. The molecule has 7 heteroatoms. The summed E-state index contributed by atoms with van der Waals surface area (Å²) in [7, 11) is 0. The van der Waals surface area contributed by atoms with Crippen molar-refractivity contribution in [2.75, 3.05) is 5.43 Å². The second kappa shape index (κ2) is 6.72. The Hall–Kier alpha value is -3.61. The van der Waals surface area contributed by atoms with E-state index >= 15 is 0 Å². The Morgan fingerprint density at radius 3 is 2.73 bits per heavy atom. The van der Waals surface area contributed by atoms with E-state index in [1.165, 1.54) is 11.9 Å². The molecule has 2 aromatic carbocycles. The highest BCUT2D eigenvalue weighted by atomic mass is 16.2. The molecular weight excluding hydrogens is 328 g/mol. The Labute approximate surface area is 149 Å². The van der Waals surface area contributed by atoms with Gasteiger partial charge in [-0.25, -0.2) is 15.4 Å². The standard InChI is InChI=1S/C19H16N6O/c1-12-6-8-13(9-7-12)16-10-17(19(26)25-22-16)23-24-18-14-4-2-3-5-15(14)20-11-21-18/h2-9,11H,10H2,1H3,(H,25,26)(H,20,21,24). The van der Waals surface area contributed by atoms with Gasteiger partial charge in [0.2, 0.25) is 0 Å². The van der Waals surface area contributed by atoms with Crippen LogP contribution in [-0.4, -0.2) is 27.3 Å². The average molecular weight is 344 g/mol. The fourth-order valence-corrected chi connectivity index (χ4v) is 2.68. The molecular formula is C19H16N6O. The maximum atomic E-state index is 12.1. The molecule has 7 nitrogen and oxygen atoms in total. The molecule has 0 radical (unpaired) electrons. The predicted octanol–water partition coefficient (Wildman–Crippen LogP) is 2.63. The van der Waals surface area contributed by atoms with Crippen LogP contribution in [0.15, 0.2) is 65.1 Å². The van der Waals surface area contributed by atoms with Crippen LogP contribution in [0.4, 0.5) is 5.82 Å². The topological polar surface area (TPSA) is 91.6 Å². The largest absolute Gasteiger partial charge is 0.287 e. The van der Waals surface area contributed by atoms with E-state index in [1.54, 1.807) is 0 Å². The Morgan fingerprint density at radius 1 is 1.08 bits per heavy atom. The van der Waals surface area contributed by atoms with Crippen LogP contribution in [0.3, 0.4) is 0 Å². The minimum absolute atomic E-state index is 0.327. The Balaban J connectivity index is 1.59. The summed E-state index contributed by atoms with van der Waals surface area (Å²) in [5.74, 6) is 0.224. The van der Waals surface area contributed by atoms with Crippen LogP contribution in [0.25, 0.3) is 10.9 Å². The number of nitrogens with one attached hydrogen (secondary N) is 2. The molecule has 1 aliphatic heterocycles. The summed E-state index contributed by atoms with van der Waals surface area (Å²) in [6, 6.07) is 15.6. The summed E-state index contributed by atoms with van der Waals surface area (Å²) in [6.45, 7) is 2.02. The van der Waals surface area contributed by atoms with Gasteiger partial charge < -0.3 is 0 Å². The van der Waals surface area contributed by atoms with E-state index < -0.39 is 0 Å². The van der Waals surface area contributed by atoms with E-state index in [1.807, 2.05) is 55.5 Å². The molecule has 1 aromatic heterocycles. The van der Waals surface area contributed by atoms with Crippen LogP contribution in [-0.2, 0) is 4.79 Å². The SMILES string of the molecule is Cc1ccc(C2=NNC(=O)C(=NNc3ncnc4ccccc34)C2)cc1. The van der Waals surface area contributed by atoms with E-state index in [4.69, 9.17) is 0 Å². The highest BCUT2D eigenvalue weighted by molar-refractivity contribution is 6.44. The highest BCUT2D eigenvalue weighted by Gasteiger charge is 2.21. The lowest BCUT2D eigenvalue weighted by molar-refractivity contribution is -0.115. The predicted molar refractivity (Wildman–Crippen MR) is 101 cm³/mol. The van der Waals surface area contributed by atoms with Gasteiger partial charge in [-0.2, -0.15) is 10.2 Å². The summed E-state index contributed by atoms with van der Waals surface area (Å²) in [5.41, 5.74) is 9.44. The molecule has 0 bridgehead atoms. The van der Waals surface area contributed by atoms with Crippen LogP contribution < -0.4 is 10.9 Å². The summed E-state index contributed by atoms with van der Waals surface area (Å²) >= 11 is 0. The molecule has 0 aliphatic carbocycles. The monoisotopic (exact) mass is 344 g/mol. The third-order valence-electron chi connectivity index (χ3n) is 4.11. The molecule has 1 aliphatic rings. The molecule has 26 heavy (non-hydrogen) atoms. The van der Waals surface area contributed by atoms with Crippen LogP contribution in [0.2, 0.25) is 0 Å². The molecule has 4 rings (SSSR count). The van der Waals surface area contributed by atoms with E-state index in [-0.39, 0.29) is 5.91 Å². The number of para-hydroxylation sites is 1. The summed E-state index contributed by atoms with van der Waals surface area (Å²) in [4.78, 5) is 20.5. The van der Waals surface area contributed by atoms with Crippen molar-refractivity contribution in [1.82, 2.24) is 15.4 Å². The number of hydrogen-bond donors (Lipinski definition) is 2. The van der Waals surface area contributed by atoms with Crippen molar-refractivity contribution in [3.8, 4) is 0 Å². The van der Waals surface area contributed by atoms with Gasteiger partial charge in [0.05, 0.1) is 11.2 Å². The summed E-state index contributed by atoms with van der Waals surface area (Å²) in [6.07, 6.45) is 1.80. The molecule has 0 fully saturated rings. The average Bonchev–Trinajstić information content (AvgIpc) is 2.68. The molecule has 2 heterocycles. The second-order valence-corrected chi connectivity index (χ2v) is 5.95. The number of fused-ring (bicyclic) bond motifs is 1. The molecule has 1 amide bonds. The van der Waals surface area contributed by atoms with Gasteiger partial charge in [0.1, 0.15) is 12.0 Å². The molecule has 0 saturated heterocycles. The quantitative estimate of drug-likeness (QED) is 0.715. The van der Waals surface area contributed by atoms with Gasteiger partial charge in [-0.05, 0) is 24.6 Å². The lowest BCUT2D eigenvalue weighted by Crippen LogP contribution is -2.35. The van der Waals surface area contributed by atoms with Gasteiger partial charge in [0.25, 0.3) is 5.91 Å². The first-order valence-corrected chi connectivity index (χ1v) is 8.17. The number of anilines is 1. The van der Waals surface area contributed by atoms with Crippen molar-refractivity contribution in [2.24, 2.45) is 10.2 Å².